The molecule has 0 amide bonds. The van der Waals surface area contributed by atoms with Gasteiger partial charge in [0.25, 0.3) is 0 Å². The third-order valence-corrected chi connectivity index (χ3v) is 2.67. The standard InChI is InChI=1S/C14H14O4/c1-9-7-10(3-5-12(9)17-2)13-6-4-11(18-13)8-14(15)16/h3-7H,8H2,1-2H3,(H,15,16). The van der Waals surface area contributed by atoms with E-state index in [1.807, 2.05) is 25.1 Å². The van der Waals surface area contributed by atoms with Crippen LogP contribution >= 0.6 is 0 Å². The monoisotopic (exact) mass is 246 g/mol. The van der Waals surface area contributed by atoms with Crippen LogP contribution in [0.1, 0.15) is 11.3 Å². The Morgan fingerprint density at radius 1 is 1.33 bits per heavy atom. The number of benzene rings is 1. The second-order valence-electron chi connectivity index (χ2n) is 4.02. The third-order valence-electron chi connectivity index (χ3n) is 2.67. The van der Waals surface area contributed by atoms with Gasteiger partial charge >= 0.3 is 5.97 Å². The minimum atomic E-state index is -0.901. The molecule has 1 heterocycles. The van der Waals surface area contributed by atoms with E-state index in [0.29, 0.717) is 11.5 Å². The van der Waals surface area contributed by atoms with Crippen molar-refractivity contribution in [3.8, 4) is 17.1 Å². The average Bonchev–Trinajstić information content (AvgIpc) is 2.76. The summed E-state index contributed by atoms with van der Waals surface area (Å²) in [7, 11) is 1.62. The summed E-state index contributed by atoms with van der Waals surface area (Å²) in [4.78, 5) is 10.6. The summed E-state index contributed by atoms with van der Waals surface area (Å²) in [6.07, 6.45) is -0.102. The second kappa shape index (κ2) is 4.96. The van der Waals surface area contributed by atoms with Crippen LogP contribution in [0.5, 0.6) is 5.75 Å². The van der Waals surface area contributed by atoms with E-state index in [2.05, 4.69) is 0 Å². The number of furan rings is 1. The van der Waals surface area contributed by atoms with Crippen LogP contribution in [0.2, 0.25) is 0 Å². The highest BCUT2D eigenvalue weighted by atomic mass is 16.5. The first-order valence-corrected chi connectivity index (χ1v) is 5.55. The number of aryl methyl sites for hydroxylation is 1. The van der Waals surface area contributed by atoms with Crippen molar-refractivity contribution in [1.29, 1.82) is 0 Å². The Balaban J connectivity index is 2.28. The zero-order valence-corrected chi connectivity index (χ0v) is 10.3. The second-order valence-corrected chi connectivity index (χ2v) is 4.02. The lowest BCUT2D eigenvalue weighted by Crippen LogP contribution is -1.97. The fourth-order valence-electron chi connectivity index (χ4n) is 1.81. The molecule has 0 aliphatic heterocycles. The summed E-state index contributed by atoms with van der Waals surface area (Å²) in [5, 5.41) is 8.68. The van der Waals surface area contributed by atoms with E-state index in [0.717, 1.165) is 16.9 Å². The maximum atomic E-state index is 10.6. The third kappa shape index (κ3) is 2.53. The minimum Gasteiger partial charge on any atom is -0.496 e. The predicted molar refractivity (Wildman–Crippen MR) is 66.8 cm³/mol. The van der Waals surface area contributed by atoms with Crippen LogP contribution in [0, 0.1) is 6.92 Å². The summed E-state index contributed by atoms with van der Waals surface area (Å²) in [6.45, 7) is 1.95. The van der Waals surface area contributed by atoms with Crippen molar-refractivity contribution in [2.75, 3.05) is 7.11 Å². The highest BCUT2D eigenvalue weighted by Crippen LogP contribution is 2.27. The molecule has 94 valence electrons. The molecule has 4 nitrogen and oxygen atoms in total. The summed E-state index contributed by atoms with van der Waals surface area (Å²) in [5.41, 5.74) is 1.91. The highest BCUT2D eigenvalue weighted by molar-refractivity contribution is 5.70. The Morgan fingerprint density at radius 2 is 2.11 bits per heavy atom. The Kier molecular flexibility index (Phi) is 3.37. The molecule has 0 saturated heterocycles. The van der Waals surface area contributed by atoms with Gasteiger partial charge in [-0.05, 0) is 42.8 Å². The number of carboxylic acid groups (broad SMARTS) is 1. The molecular weight excluding hydrogens is 232 g/mol. The lowest BCUT2D eigenvalue weighted by Gasteiger charge is -2.05. The molecule has 4 heteroatoms. The van der Waals surface area contributed by atoms with Gasteiger partial charge in [0.1, 0.15) is 23.7 Å². The van der Waals surface area contributed by atoms with Gasteiger partial charge in [-0.25, -0.2) is 0 Å². The van der Waals surface area contributed by atoms with Gasteiger partial charge in [0, 0.05) is 5.56 Å². The number of carboxylic acids is 1. The molecule has 0 spiro atoms. The van der Waals surface area contributed by atoms with Crippen molar-refractivity contribution < 1.29 is 19.1 Å². The van der Waals surface area contributed by atoms with Gasteiger partial charge in [-0.2, -0.15) is 0 Å². The number of hydrogen-bond acceptors (Lipinski definition) is 3. The maximum Gasteiger partial charge on any atom is 0.311 e. The topological polar surface area (TPSA) is 59.7 Å². The zero-order chi connectivity index (χ0) is 13.1. The fraction of sp³-hybridized carbons (Fsp3) is 0.214. The van der Waals surface area contributed by atoms with Crippen LogP contribution in [-0.2, 0) is 11.2 Å². The summed E-state index contributed by atoms with van der Waals surface area (Å²) >= 11 is 0. The molecule has 0 aliphatic rings. The van der Waals surface area contributed by atoms with Crippen molar-refractivity contribution in [2.24, 2.45) is 0 Å². The zero-order valence-electron chi connectivity index (χ0n) is 10.3. The lowest BCUT2D eigenvalue weighted by atomic mass is 10.1. The smallest absolute Gasteiger partial charge is 0.311 e. The van der Waals surface area contributed by atoms with Gasteiger partial charge in [-0.1, -0.05) is 0 Å². The van der Waals surface area contributed by atoms with Crippen LogP contribution < -0.4 is 4.74 Å². The van der Waals surface area contributed by atoms with E-state index in [4.69, 9.17) is 14.3 Å². The molecular formula is C14H14O4. The Bertz CT molecular complexity index is 569. The number of methoxy groups -OCH3 is 1. The molecule has 1 N–H and O–H groups in total. The molecule has 2 aromatic rings. The molecule has 0 bridgehead atoms. The lowest BCUT2D eigenvalue weighted by molar-refractivity contribution is -0.136. The van der Waals surface area contributed by atoms with Crippen LogP contribution in [0.15, 0.2) is 34.7 Å². The molecule has 0 atom stereocenters. The van der Waals surface area contributed by atoms with Gasteiger partial charge in [0.2, 0.25) is 0 Å². The first-order valence-electron chi connectivity index (χ1n) is 5.55. The van der Waals surface area contributed by atoms with Gasteiger partial charge in [0.15, 0.2) is 0 Å². The molecule has 1 aromatic heterocycles. The minimum absolute atomic E-state index is 0.102. The average molecular weight is 246 g/mol. The molecule has 2 rings (SSSR count). The normalized spacial score (nSPS) is 10.3. The predicted octanol–water partition coefficient (Wildman–Crippen LogP) is 2.89. The van der Waals surface area contributed by atoms with E-state index in [1.54, 1.807) is 19.2 Å². The number of hydrogen-bond donors (Lipinski definition) is 1. The Labute approximate surface area is 105 Å². The molecule has 0 unspecified atom stereocenters. The van der Waals surface area contributed by atoms with E-state index in [9.17, 15) is 4.79 Å². The number of ether oxygens (including phenoxy) is 1. The quantitative estimate of drug-likeness (QED) is 0.901. The summed E-state index contributed by atoms with van der Waals surface area (Å²) < 4.78 is 10.7. The van der Waals surface area contributed by atoms with Crippen molar-refractivity contribution >= 4 is 5.97 Å². The number of carbonyl (C=O) groups is 1. The van der Waals surface area contributed by atoms with Crippen LogP contribution in [0.4, 0.5) is 0 Å². The number of rotatable bonds is 4. The molecule has 0 saturated carbocycles. The van der Waals surface area contributed by atoms with Gasteiger partial charge in [0.05, 0.1) is 7.11 Å². The van der Waals surface area contributed by atoms with Crippen molar-refractivity contribution in [2.45, 2.75) is 13.3 Å². The van der Waals surface area contributed by atoms with Crippen LogP contribution in [-0.4, -0.2) is 18.2 Å². The van der Waals surface area contributed by atoms with E-state index in [-0.39, 0.29) is 6.42 Å². The first kappa shape index (κ1) is 12.2. The molecule has 0 fully saturated rings. The molecule has 0 radical (unpaired) electrons. The SMILES string of the molecule is COc1ccc(-c2ccc(CC(=O)O)o2)cc1C. The van der Waals surface area contributed by atoms with Gasteiger partial charge < -0.3 is 14.3 Å². The van der Waals surface area contributed by atoms with Crippen molar-refractivity contribution in [3.05, 3.63) is 41.7 Å². The largest absolute Gasteiger partial charge is 0.496 e. The van der Waals surface area contributed by atoms with E-state index in [1.165, 1.54) is 0 Å². The van der Waals surface area contributed by atoms with Crippen molar-refractivity contribution in [1.82, 2.24) is 0 Å². The fourth-order valence-corrected chi connectivity index (χ4v) is 1.81. The van der Waals surface area contributed by atoms with E-state index < -0.39 is 5.97 Å². The molecule has 1 aromatic carbocycles. The number of aliphatic carboxylic acids is 1. The Hall–Kier alpha value is -2.23. The Morgan fingerprint density at radius 3 is 2.72 bits per heavy atom. The first-order chi connectivity index (χ1) is 8.60. The van der Waals surface area contributed by atoms with Crippen molar-refractivity contribution in [3.63, 3.8) is 0 Å². The van der Waals surface area contributed by atoms with Gasteiger partial charge in [-0.15, -0.1) is 0 Å². The molecule has 18 heavy (non-hydrogen) atoms. The van der Waals surface area contributed by atoms with Crippen LogP contribution in [0.3, 0.4) is 0 Å². The molecule has 0 aliphatic carbocycles. The van der Waals surface area contributed by atoms with E-state index >= 15 is 0 Å². The summed E-state index contributed by atoms with van der Waals surface area (Å²) in [6, 6.07) is 9.16. The van der Waals surface area contributed by atoms with Gasteiger partial charge in [-0.3, -0.25) is 4.79 Å². The highest BCUT2D eigenvalue weighted by Gasteiger charge is 2.09. The van der Waals surface area contributed by atoms with Crippen LogP contribution in [0.25, 0.3) is 11.3 Å². The maximum absolute atomic E-state index is 10.6. The summed E-state index contributed by atoms with van der Waals surface area (Å²) in [5.74, 6) is 1.03.